The van der Waals surface area contributed by atoms with Crippen molar-refractivity contribution < 1.29 is 9.59 Å². The van der Waals surface area contributed by atoms with E-state index in [-0.39, 0.29) is 17.2 Å². The number of nitrogens with zero attached hydrogens (tertiary/aromatic N) is 4. The Morgan fingerprint density at radius 2 is 1.65 bits per heavy atom. The number of amides is 2. The molecule has 138 valence electrons. The summed E-state index contributed by atoms with van der Waals surface area (Å²) in [6.07, 6.45) is 0.671. The lowest BCUT2D eigenvalue weighted by atomic mass is 9.87. The molecule has 1 aliphatic heterocycles. The molecule has 1 aromatic carbocycles. The van der Waals surface area contributed by atoms with E-state index in [0.29, 0.717) is 25.1 Å². The summed E-state index contributed by atoms with van der Waals surface area (Å²) in [5.41, 5.74) is 2.41. The van der Waals surface area contributed by atoms with Gasteiger partial charge in [0.2, 0.25) is 11.8 Å². The van der Waals surface area contributed by atoms with Crippen molar-refractivity contribution in [1.29, 1.82) is 0 Å². The van der Waals surface area contributed by atoms with Crippen molar-refractivity contribution in [3.05, 3.63) is 29.8 Å². The third-order valence-corrected chi connectivity index (χ3v) is 5.55. The Balaban J connectivity index is 1.66. The Hall–Kier alpha value is -2.15. The van der Waals surface area contributed by atoms with Gasteiger partial charge in [0, 0.05) is 37.8 Å². The van der Waals surface area contributed by atoms with Gasteiger partial charge >= 0.3 is 0 Å². The highest BCUT2D eigenvalue weighted by atomic mass is 32.2. The van der Waals surface area contributed by atoms with Crippen LogP contribution in [0.2, 0.25) is 0 Å². The molecule has 26 heavy (non-hydrogen) atoms. The Morgan fingerprint density at radius 3 is 2.23 bits per heavy atom. The van der Waals surface area contributed by atoms with Gasteiger partial charge in [-0.25, -0.2) is 0 Å². The molecule has 1 aromatic heterocycles. The van der Waals surface area contributed by atoms with E-state index in [1.165, 1.54) is 22.2 Å². The Labute approximate surface area is 158 Å². The predicted octanol–water partition coefficient (Wildman–Crippen LogP) is 3.02. The van der Waals surface area contributed by atoms with Gasteiger partial charge in [0.25, 0.3) is 0 Å². The molecule has 7 heteroatoms. The summed E-state index contributed by atoms with van der Waals surface area (Å²) in [5.74, 6) is 1.27. The van der Waals surface area contributed by atoms with Gasteiger partial charge in [-0.3, -0.25) is 14.5 Å². The van der Waals surface area contributed by atoms with E-state index in [9.17, 15) is 9.59 Å². The van der Waals surface area contributed by atoms with Gasteiger partial charge < -0.3 is 4.57 Å². The smallest absolute Gasteiger partial charge is 0.229 e. The molecule has 2 heterocycles. The maximum Gasteiger partial charge on any atom is 0.229 e. The fourth-order valence-corrected chi connectivity index (χ4v) is 3.75. The number of benzene rings is 1. The van der Waals surface area contributed by atoms with Gasteiger partial charge in [-0.2, -0.15) is 0 Å². The maximum atomic E-state index is 11.6. The number of aromatic nitrogens is 3. The number of carbonyl (C=O) groups excluding carboxylic acids is 2. The number of thioether (sulfide) groups is 1. The minimum absolute atomic E-state index is 0.0757. The zero-order chi connectivity index (χ0) is 18.9. The van der Waals surface area contributed by atoms with Crippen molar-refractivity contribution in [3.8, 4) is 11.4 Å². The van der Waals surface area contributed by atoms with Gasteiger partial charge in [0.1, 0.15) is 0 Å². The molecule has 6 nitrogen and oxygen atoms in total. The SMILES string of the molecule is Cn1c(SCCN2C(=O)CCC2=O)nnc1-c1ccc(C(C)(C)C)cc1. The van der Waals surface area contributed by atoms with Crippen LogP contribution >= 0.6 is 11.8 Å². The van der Waals surface area contributed by atoms with Gasteiger partial charge in [-0.15, -0.1) is 10.2 Å². The number of hydrogen-bond donors (Lipinski definition) is 0. The molecule has 3 rings (SSSR count). The molecule has 0 aliphatic carbocycles. The average Bonchev–Trinajstić information content (AvgIpc) is 3.11. The second-order valence-corrected chi connectivity index (χ2v) is 8.54. The number of carbonyl (C=O) groups is 2. The zero-order valence-corrected chi connectivity index (χ0v) is 16.5. The highest BCUT2D eigenvalue weighted by molar-refractivity contribution is 7.99. The minimum atomic E-state index is -0.0757. The molecular formula is C19H24N4O2S. The predicted molar refractivity (Wildman–Crippen MR) is 102 cm³/mol. The number of likely N-dealkylation sites (tertiary alicyclic amines) is 1. The number of imide groups is 1. The van der Waals surface area contributed by atoms with Crippen molar-refractivity contribution in [3.63, 3.8) is 0 Å². The number of rotatable bonds is 5. The molecule has 0 radical (unpaired) electrons. The summed E-state index contributed by atoms with van der Waals surface area (Å²) in [7, 11) is 1.93. The average molecular weight is 372 g/mol. The van der Waals surface area contributed by atoms with Crippen LogP contribution in [0, 0.1) is 0 Å². The summed E-state index contributed by atoms with van der Waals surface area (Å²) in [4.78, 5) is 24.6. The van der Waals surface area contributed by atoms with Gasteiger partial charge in [0.15, 0.2) is 11.0 Å². The second-order valence-electron chi connectivity index (χ2n) is 7.48. The van der Waals surface area contributed by atoms with Crippen LogP contribution in [0.15, 0.2) is 29.4 Å². The van der Waals surface area contributed by atoms with Crippen LogP contribution in [-0.4, -0.2) is 43.8 Å². The summed E-state index contributed by atoms with van der Waals surface area (Å²) in [5, 5.41) is 9.33. The minimum Gasteiger partial charge on any atom is -0.305 e. The van der Waals surface area contributed by atoms with E-state index < -0.39 is 0 Å². The molecule has 0 spiro atoms. The van der Waals surface area contributed by atoms with Crippen LogP contribution in [0.3, 0.4) is 0 Å². The van der Waals surface area contributed by atoms with E-state index in [1.807, 2.05) is 11.6 Å². The van der Waals surface area contributed by atoms with Crippen molar-refractivity contribution >= 4 is 23.6 Å². The normalized spacial score (nSPS) is 15.2. The van der Waals surface area contributed by atoms with E-state index in [2.05, 4.69) is 55.2 Å². The standard InChI is InChI=1S/C19H24N4O2S/c1-19(2,3)14-7-5-13(6-8-14)17-20-21-18(22(17)4)26-12-11-23-15(24)9-10-16(23)25/h5-8H,9-12H2,1-4H3. The Bertz CT molecular complexity index is 805. The van der Waals surface area contributed by atoms with E-state index >= 15 is 0 Å². The highest BCUT2D eigenvalue weighted by Gasteiger charge is 2.28. The van der Waals surface area contributed by atoms with Crippen LogP contribution in [0.25, 0.3) is 11.4 Å². The van der Waals surface area contributed by atoms with E-state index in [4.69, 9.17) is 0 Å². The molecule has 1 aliphatic rings. The van der Waals surface area contributed by atoms with Crippen LogP contribution in [0.5, 0.6) is 0 Å². The summed E-state index contributed by atoms with van der Waals surface area (Å²) in [6, 6.07) is 8.39. The molecule has 2 amide bonds. The molecule has 0 saturated carbocycles. The number of hydrogen-bond acceptors (Lipinski definition) is 5. The lowest BCUT2D eigenvalue weighted by molar-refractivity contribution is -0.137. The monoisotopic (exact) mass is 372 g/mol. The zero-order valence-electron chi connectivity index (χ0n) is 15.7. The lowest BCUT2D eigenvalue weighted by Crippen LogP contribution is -2.31. The Kier molecular flexibility index (Phi) is 5.18. The molecule has 1 saturated heterocycles. The molecule has 0 bridgehead atoms. The van der Waals surface area contributed by atoms with Crippen molar-refractivity contribution in [2.75, 3.05) is 12.3 Å². The van der Waals surface area contributed by atoms with E-state index in [0.717, 1.165) is 16.5 Å². The molecular weight excluding hydrogens is 348 g/mol. The fraction of sp³-hybridized carbons (Fsp3) is 0.474. The fourth-order valence-electron chi connectivity index (χ4n) is 2.91. The van der Waals surface area contributed by atoms with Crippen molar-refractivity contribution in [1.82, 2.24) is 19.7 Å². The molecule has 0 N–H and O–H groups in total. The van der Waals surface area contributed by atoms with Crippen LogP contribution in [-0.2, 0) is 22.1 Å². The summed E-state index contributed by atoms with van der Waals surface area (Å²) >= 11 is 1.50. The first-order chi connectivity index (χ1) is 12.3. The first-order valence-electron chi connectivity index (χ1n) is 8.73. The second kappa shape index (κ2) is 7.23. The highest BCUT2D eigenvalue weighted by Crippen LogP contribution is 2.27. The third-order valence-electron chi connectivity index (χ3n) is 4.54. The summed E-state index contributed by atoms with van der Waals surface area (Å²) in [6.45, 7) is 6.99. The topological polar surface area (TPSA) is 68.1 Å². The first-order valence-corrected chi connectivity index (χ1v) is 9.72. The first kappa shape index (κ1) is 18.6. The third kappa shape index (κ3) is 3.82. The van der Waals surface area contributed by atoms with Gasteiger partial charge in [-0.1, -0.05) is 56.8 Å². The molecule has 1 fully saturated rings. The largest absolute Gasteiger partial charge is 0.305 e. The molecule has 2 aromatic rings. The van der Waals surface area contributed by atoms with Crippen molar-refractivity contribution in [2.45, 2.75) is 44.2 Å². The lowest BCUT2D eigenvalue weighted by Gasteiger charge is -2.19. The van der Waals surface area contributed by atoms with Crippen molar-refractivity contribution in [2.24, 2.45) is 7.05 Å². The quantitative estimate of drug-likeness (QED) is 0.596. The van der Waals surface area contributed by atoms with Crippen LogP contribution in [0.1, 0.15) is 39.2 Å². The Morgan fingerprint density at radius 1 is 1.04 bits per heavy atom. The van der Waals surface area contributed by atoms with Gasteiger partial charge in [0.05, 0.1) is 0 Å². The van der Waals surface area contributed by atoms with Gasteiger partial charge in [-0.05, 0) is 11.0 Å². The molecule has 0 unspecified atom stereocenters. The maximum absolute atomic E-state index is 11.6. The van der Waals surface area contributed by atoms with Crippen LogP contribution in [0.4, 0.5) is 0 Å². The van der Waals surface area contributed by atoms with Crippen LogP contribution < -0.4 is 0 Å². The summed E-state index contributed by atoms with van der Waals surface area (Å²) < 4.78 is 1.95. The van der Waals surface area contributed by atoms with E-state index in [1.54, 1.807) is 0 Å². The molecule has 0 atom stereocenters.